The molecule has 0 aliphatic carbocycles. The van der Waals surface area contributed by atoms with Crippen molar-refractivity contribution in [3.8, 4) is 0 Å². The number of carbonyl (C=O) groups excluding carboxylic acids is 1. The van der Waals surface area contributed by atoms with Crippen molar-refractivity contribution in [1.29, 1.82) is 0 Å². The summed E-state index contributed by atoms with van der Waals surface area (Å²) in [6.07, 6.45) is 0.729. The zero-order valence-corrected chi connectivity index (χ0v) is 12.7. The van der Waals surface area contributed by atoms with E-state index in [1.165, 1.54) is 16.7 Å². The second-order valence-electron chi connectivity index (χ2n) is 5.17. The summed E-state index contributed by atoms with van der Waals surface area (Å²) in [6.45, 7) is 6.17. The van der Waals surface area contributed by atoms with Crippen molar-refractivity contribution in [2.24, 2.45) is 17.6 Å². The van der Waals surface area contributed by atoms with Crippen molar-refractivity contribution in [2.45, 2.75) is 33.2 Å². The molecule has 1 aromatic heterocycles. The van der Waals surface area contributed by atoms with E-state index in [4.69, 9.17) is 10.8 Å². The van der Waals surface area contributed by atoms with E-state index in [0.717, 1.165) is 6.42 Å². The number of rotatable bonds is 7. The van der Waals surface area contributed by atoms with Crippen LogP contribution in [0.2, 0.25) is 0 Å². The Labute approximate surface area is 122 Å². The fourth-order valence-corrected chi connectivity index (χ4v) is 2.66. The van der Waals surface area contributed by atoms with Crippen LogP contribution < -0.4 is 11.1 Å². The number of nitrogens with zero attached hydrogens (tertiary/aromatic N) is 1. The summed E-state index contributed by atoms with van der Waals surface area (Å²) in [5, 5.41) is 13.7. The third kappa shape index (κ3) is 4.57. The van der Waals surface area contributed by atoms with Crippen LogP contribution in [0.5, 0.6) is 0 Å². The Morgan fingerprint density at radius 2 is 2.10 bits per heavy atom. The summed E-state index contributed by atoms with van der Waals surface area (Å²) in [5.41, 5.74) is 5.63. The molecule has 0 aliphatic rings. The molecule has 7 heteroatoms. The number of carboxylic acid groups (broad SMARTS) is 1. The zero-order chi connectivity index (χ0) is 15.3. The Kier molecular flexibility index (Phi) is 6.09. The summed E-state index contributed by atoms with van der Waals surface area (Å²) >= 11 is 1.22. The fraction of sp³-hybridized carbons (Fsp3) is 0.615. The van der Waals surface area contributed by atoms with Crippen molar-refractivity contribution in [1.82, 2.24) is 10.3 Å². The Morgan fingerprint density at radius 1 is 1.45 bits per heavy atom. The molecule has 20 heavy (non-hydrogen) atoms. The Morgan fingerprint density at radius 3 is 2.55 bits per heavy atom. The van der Waals surface area contributed by atoms with E-state index >= 15 is 0 Å². The molecular weight excluding hydrogens is 278 g/mol. The van der Waals surface area contributed by atoms with Gasteiger partial charge in [0, 0.05) is 11.9 Å². The average molecular weight is 299 g/mol. The van der Waals surface area contributed by atoms with Gasteiger partial charge in [-0.05, 0) is 19.3 Å². The smallest absolute Gasteiger partial charge is 0.355 e. The third-order valence-electron chi connectivity index (χ3n) is 2.88. The van der Waals surface area contributed by atoms with Gasteiger partial charge < -0.3 is 16.2 Å². The molecule has 2 atom stereocenters. The minimum absolute atomic E-state index is 0.00338. The van der Waals surface area contributed by atoms with Crippen LogP contribution in [0.3, 0.4) is 0 Å². The van der Waals surface area contributed by atoms with Gasteiger partial charge in [-0.1, -0.05) is 13.8 Å². The number of hydrogen-bond donors (Lipinski definition) is 3. The van der Waals surface area contributed by atoms with Crippen molar-refractivity contribution < 1.29 is 14.7 Å². The summed E-state index contributed by atoms with van der Waals surface area (Å²) < 4.78 is 0. The van der Waals surface area contributed by atoms with E-state index in [2.05, 4.69) is 10.3 Å². The van der Waals surface area contributed by atoms with Gasteiger partial charge in [0.05, 0.1) is 12.0 Å². The second-order valence-corrected chi connectivity index (χ2v) is 6.06. The van der Waals surface area contributed by atoms with E-state index in [9.17, 15) is 9.59 Å². The Bertz CT molecular complexity index is 473. The molecular formula is C13H21N3O3S. The van der Waals surface area contributed by atoms with Crippen LogP contribution in [0, 0.1) is 11.8 Å². The molecule has 6 nitrogen and oxygen atoms in total. The third-order valence-corrected chi connectivity index (χ3v) is 3.91. The van der Waals surface area contributed by atoms with Gasteiger partial charge in [-0.15, -0.1) is 11.3 Å². The highest BCUT2D eigenvalue weighted by atomic mass is 32.1. The van der Waals surface area contributed by atoms with Crippen LogP contribution in [0.4, 0.5) is 0 Å². The number of nitrogens with two attached hydrogens (primary N) is 1. The van der Waals surface area contributed by atoms with Gasteiger partial charge in [0.15, 0.2) is 5.69 Å². The van der Waals surface area contributed by atoms with Crippen LogP contribution >= 0.6 is 11.3 Å². The van der Waals surface area contributed by atoms with Crippen LogP contribution in [0.15, 0.2) is 5.38 Å². The predicted molar refractivity (Wildman–Crippen MR) is 77.6 cm³/mol. The molecule has 1 amide bonds. The second kappa shape index (κ2) is 7.35. The lowest BCUT2D eigenvalue weighted by atomic mass is 9.96. The number of amides is 1. The number of aromatic nitrogens is 1. The maximum absolute atomic E-state index is 12.1. The Hall–Kier alpha value is -1.47. The first-order valence-electron chi connectivity index (χ1n) is 6.54. The molecule has 0 radical (unpaired) electrons. The van der Waals surface area contributed by atoms with Crippen LogP contribution in [0.1, 0.15) is 48.7 Å². The molecule has 0 saturated heterocycles. The molecule has 2 unspecified atom stereocenters. The summed E-state index contributed by atoms with van der Waals surface area (Å²) in [5.74, 6) is -1.01. The maximum Gasteiger partial charge on any atom is 0.355 e. The lowest BCUT2D eigenvalue weighted by Gasteiger charge is -2.19. The first-order chi connectivity index (χ1) is 9.35. The van der Waals surface area contributed by atoms with Crippen molar-refractivity contribution in [2.75, 3.05) is 6.54 Å². The fourth-order valence-electron chi connectivity index (χ4n) is 1.86. The van der Waals surface area contributed by atoms with Crippen molar-refractivity contribution in [3.63, 3.8) is 0 Å². The van der Waals surface area contributed by atoms with Gasteiger partial charge in [-0.25, -0.2) is 9.78 Å². The number of carbonyl (C=O) groups is 2. The summed E-state index contributed by atoms with van der Waals surface area (Å²) in [7, 11) is 0. The molecule has 0 aromatic carbocycles. The van der Waals surface area contributed by atoms with E-state index < -0.39 is 5.97 Å². The SMILES string of the molecule is CC(C)CC(CN)C(=O)NC(C)c1nc(C(=O)O)cs1. The molecule has 4 N–H and O–H groups in total. The molecule has 0 fully saturated rings. The summed E-state index contributed by atoms with van der Waals surface area (Å²) in [4.78, 5) is 26.9. The number of hydrogen-bond acceptors (Lipinski definition) is 5. The van der Waals surface area contributed by atoms with Crippen molar-refractivity contribution in [3.05, 3.63) is 16.1 Å². The summed E-state index contributed by atoms with van der Waals surface area (Å²) in [6, 6.07) is -0.318. The molecule has 0 aliphatic heterocycles. The van der Waals surface area contributed by atoms with E-state index in [1.54, 1.807) is 6.92 Å². The molecule has 1 heterocycles. The normalized spacial score (nSPS) is 14.1. The van der Waals surface area contributed by atoms with Crippen LogP contribution in [-0.4, -0.2) is 28.5 Å². The number of carboxylic acids is 1. The first kappa shape index (κ1) is 16.6. The topological polar surface area (TPSA) is 105 Å². The van der Waals surface area contributed by atoms with E-state index in [0.29, 0.717) is 17.5 Å². The largest absolute Gasteiger partial charge is 0.476 e. The van der Waals surface area contributed by atoms with Gasteiger partial charge in [0.1, 0.15) is 5.01 Å². The molecule has 0 saturated carbocycles. The highest BCUT2D eigenvalue weighted by molar-refractivity contribution is 7.09. The minimum atomic E-state index is -1.06. The number of aromatic carboxylic acids is 1. The monoisotopic (exact) mass is 299 g/mol. The molecule has 112 valence electrons. The van der Waals surface area contributed by atoms with E-state index in [-0.39, 0.29) is 23.6 Å². The lowest BCUT2D eigenvalue weighted by molar-refractivity contribution is -0.125. The standard InChI is InChI=1S/C13H21N3O3S/c1-7(2)4-9(5-14)11(17)15-8(3)12-16-10(6-20-12)13(18)19/h6-9H,4-5,14H2,1-3H3,(H,15,17)(H,18,19). The van der Waals surface area contributed by atoms with Crippen molar-refractivity contribution >= 4 is 23.2 Å². The lowest BCUT2D eigenvalue weighted by Crippen LogP contribution is -2.37. The van der Waals surface area contributed by atoms with Gasteiger partial charge in [-0.2, -0.15) is 0 Å². The van der Waals surface area contributed by atoms with Gasteiger partial charge in [0.25, 0.3) is 0 Å². The Balaban J connectivity index is 2.65. The predicted octanol–water partition coefficient (Wildman–Crippen LogP) is 1.64. The minimum Gasteiger partial charge on any atom is -0.476 e. The number of nitrogens with one attached hydrogen (secondary N) is 1. The molecule has 1 aromatic rings. The zero-order valence-electron chi connectivity index (χ0n) is 11.9. The molecule has 1 rings (SSSR count). The maximum atomic E-state index is 12.1. The van der Waals surface area contributed by atoms with Gasteiger partial charge in [-0.3, -0.25) is 4.79 Å². The van der Waals surface area contributed by atoms with Gasteiger partial charge in [0.2, 0.25) is 5.91 Å². The molecule has 0 spiro atoms. The molecule has 0 bridgehead atoms. The first-order valence-corrected chi connectivity index (χ1v) is 7.42. The van der Waals surface area contributed by atoms with Crippen LogP contribution in [-0.2, 0) is 4.79 Å². The average Bonchev–Trinajstić information content (AvgIpc) is 2.85. The highest BCUT2D eigenvalue weighted by Gasteiger charge is 2.22. The van der Waals surface area contributed by atoms with Gasteiger partial charge >= 0.3 is 5.97 Å². The number of thiazole rings is 1. The quantitative estimate of drug-likeness (QED) is 0.710. The van der Waals surface area contributed by atoms with Crippen LogP contribution in [0.25, 0.3) is 0 Å². The van der Waals surface area contributed by atoms with E-state index in [1.807, 2.05) is 13.8 Å². The highest BCUT2D eigenvalue weighted by Crippen LogP contribution is 2.19.